The van der Waals surface area contributed by atoms with Crippen LogP contribution >= 0.6 is 0 Å². The Labute approximate surface area is 69.6 Å². The van der Waals surface area contributed by atoms with Crippen molar-refractivity contribution >= 4 is 0 Å². The van der Waals surface area contributed by atoms with Crippen molar-refractivity contribution in [2.75, 3.05) is 0 Å². The van der Waals surface area contributed by atoms with E-state index in [0.29, 0.717) is 0 Å². The Balaban J connectivity index is 3.58. The molecule has 0 unspecified atom stereocenters. The van der Waals surface area contributed by atoms with Crippen molar-refractivity contribution in [1.82, 2.24) is 0 Å². The van der Waals surface area contributed by atoms with Gasteiger partial charge >= 0.3 is 69.4 Å². The fourth-order valence-electron chi connectivity index (χ4n) is 0.545. The molecular formula is C9H15Pd. The topological polar surface area (TPSA) is 0 Å². The van der Waals surface area contributed by atoms with Gasteiger partial charge in [-0.3, -0.25) is 0 Å². The molecule has 0 heterocycles. The maximum atomic E-state index is 3.73. The summed E-state index contributed by atoms with van der Waals surface area (Å²) in [6.07, 6.45) is 6.02. The van der Waals surface area contributed by atoms with E-state index in [-0.39, 0.29) is 16.8 Å². The van der Waals surface area contributed by atoms with Crippen LogP contribution in [0.4, 0.5) is 0 Å². The van der Waals surface area contributed by atoms with Crippen molar-refractivity contribution in [1.29, 1.82) is 0 Å². The van der Waals surface area contributed by atoms with Gasteiger partial charge in [0.25, 0.3) is 0 Å². The molecule has 0 saturated carbocycles. The van der Waals surface area contributed by atoms with E-state index in [1.807, 2.05) is 18.2 Å². The Morgan fingerprint density at radius 1 is 0.800 bits per heavy atom. The predicted octanol–water partition coefficient (Wildman–Crippen LogP) is 3.42. The zero-order valence-corrected chi connectivity index (χ0v) is 7.85. The molecule has 0 aliphatic carbocycles. The first-order valence-electron chi connectivity index (χ1n) is 3.12. The predicted molar refractivity (Wildman–Crippen MR) is 45.0 cm³/mol. The van der Waals surface area contributed by atoms with Gasteiger partial charge in [-0.15, -0.1) is 0 Å². The first-order valence-corrected chi connectivity index (χ1v) is 6.42. The second-order valence-electron chi connectivity index (χ2n) is 1.73. The fourth-order valence-corrected chi connectivity index (χ4v) is 3.23. The number of allylic oxidation sites excluding steroid dienone is 3. The average Bonchev–Trinajstić information content (AvgIpc) is 1.90. The first kappa shape index (κ1) is 9.88. The van der Waals surface area contributed by atoms with E-state index in [2.05, 4.69) is 19.7 Å². The van der Waals surface area contributed by atoms with Gasteiger partial charge in [0.15, 0.2) is 0 Å². The first-order chi connectivity index (χ1) is 4.85. The van der Waals surface area contributed by atoms with E-state index in [1.165, 1.54) is 14.7 Å². The monoisotopic (exact) mass is 229 g/mol. The third-order valence-electron chi connectivity index (χ3n) is 0.822. The van der Waals surface area contributed by atoms with Crippen LogP contribution in [0.5, 0.6) is 0 Å². The zero-order chi connectivity index (χ0) is 7.82. The van der Waals surface area contributed by atoms with E-state index >= 15 is 0 Å². The van der Waals surface area contributed by atoms with Crippen LogP contribution in [0, 0.1) is 0 Å². The van der Waals surface area contributed by atoms with Gasteiger partial charge < -0.3 is 0 Å². The molecule has 0 radical (unpaired) electrons. The molecule has 0 rings (SSSR count). The molecule has 10 heavy (non-hydrogen) atoms. The molecule has 0 aromatic rings. The molecule has 0 aromatic carbocycles. The van der Waals surface area contributed by atoms with Crippen LogP contribution in [-0.4, -0.2) is 0 Å². The van der Waals surface area contributed by atoms with Gasteiger partial charge in [0, 0.05) is 0 Å². The normalized spacial score (nSPS) is 10.2. The van der Waals surface area contributed by atoms with Crippen molar-refractivity contribution in [2.45, 2.75) is 14.7 Å². The molecule has 0 N–H and O–H groups in total. The van der Waals surface area contributed by atoms with E-state index in [4.69, 9.17) is 0 Å². The summed E-state index contributed by atoms with van der Waals surface area (Å²) in [4.78, 5) is 3.55. The fraction of sp³-hybridized carbons (Fsp3) is 0.333. The Morgan fingerprint density at radius 2 is 1.10 bits per heavy atom. The molecule has 0 bridgehead atoms. The van der Waals surface area contributed by atoms with Crippen molar-refractivity contribution in [3.8, 4) is 0 Å². The minimum absolute atomic E-state index is 0.386. The number of hydrogen-bond donors (Lipinski definition) is 0. The SMILES string of the molecule is C=C[CH2][Pd]([CH2]C=C)[CH2]C=C. The molecule has 0 fully saturated rings. The van der Waals surface area contributed by atoms with Gasteiger partial charge in [-0.05, 0) is 0 Å². The summed E-state index contributed by atoms with van der Waals surface area (Å²) < 4.78 is 0. The van der Waals surface area contributed by atoms with Crippen LogP contribution in [0.2, 0.25) is 14.7 Å². The summed E-state index contributed by atoms with van der Waals surface area (Å²) >= 11 is -0.386. The molecular weight excluding hydrogens is 215 g/mol. The zero-order valence-electron chi connectivity index (χ0n) is 6.29. The van der Waals surface area contributed by atoms with Crippen molar-refractivity contribution in [3.05, 3.63) is 38.0 Å². The third-order valence-corrected chi connectivity index (χ3v) is 4.86. The molecule has 61 valence electrons. The van der Waals surface area contributed by atoms with Crippen LogP contribution in [0.15, 0.2) is 38.0 Å². The molecule has 0 aliphatic heterocycles. The molecule has 0 atom stereocenters. The van der Waals surface area contributed by atoms with Gasteiger partial charge in [-0.1, -0.05) is 0 Å². The van der Waals surface area contributed by atoms with Crippen LogP contribution in [0.25, 0.3) is 0 Å². The molecule has 0 spiro atoms. The van der Waals surface area contributed by atoms with Crippen molar-refractivity contribution < 1.29 is 16.8 Å². The quantitative estimate of drug-likeness (QED) is 0.484. The van der Waals surface area contributed by atoms with Gasteiger partial charge in [0.2, 0.25) is 0 Å². The number of hydrogen-bond acceptors (Lipinski definition) is 0. The molecule has 0 aliphatic rings. The summed E-state index contributed by atoms with van der Waals surface area (Å²) in [5, 5.41) is 0. The number of rotatable bonds is 6. The Hall–Kier alpha value is -0.118. The summed E-state index contributed by atoms with van der Waals surface area (Å²) in [6, 6.07) is 0. The van der Waals surface area contributed by atoms with E-state index in [9.17, 15) is 0 Å². The van der Waals surface area contributed by atoms with E-state index in [0.717, 1.165) is 0 Å². The van der Waals surface area contributed by atoms with Gasteiger partial charge in [0.05, 0.1) is 0 Å². The molecule has 0 saturated heterocycles. The van der Waals surface area contributed by atoms with E-state index < -0.39 is 0 Å². The standard InChI is InChI=1S/3C3H5.Pd/c3*1-3-2;/h3*3H,1-2H2;. The Morgan fingerprint density at radius 3 is 1.30 bits per heavy atom. The van der Waals surface area contributed by atoms with Gasteiger partial charge in [0.1, 0.15) is 0 Å². The summed E-state index contributed by atoms with van der Waals surface area (Å²) in [5.74, 6) is 0. The summed E-state index contributed by atoms with van der Waals surface area (Å²) in [6.45, 7) is 11.2. The molecule has 0 amide bonds. The van der Waals surface area contributed by atoms with Gasteiger partial charge in [-0.2, -0.15) is 0 Å². The minimum atomic E-state index is -0.386. The van der Waals surface area contributed by atoms with Crippen LogP contribution in [0.3, 0.4) is 0 Å². The maximum absolute atomic E-state index is 3.73. The van der Waals surface area contributed by atoms with Crippen molar-refractivity contribution in [3.63, 3.8) is 0 Å². The molecule has 1 heteroatoms. The third kappa shape index (κ3) is 4.73. The summed E-state index contributed by atoms with van der Waals surface area (Å²) in [5.41, 5.74) is 0. The molecule has 0 aromatic heterocycles. The van der Waals surface area contributed by atoms with Crippen LogP contribution < -0.4 is 0 Å². The van der Waals surface area contributed by atoms with E-state index in [1.54, 1.807) is 0 Å². The Kier molecular flexibility index (Phi) is 6.91. The van der Waals surface area contributed by atoms with Crippen LogP contribution in [0.1, 0.15) is 0 Å². The molecule has 0 nitrogen and oxygen atoms in total. The van der Waals surface area contributed by atoms with Gasteiger partial charge in [-0.25, -0.2) is 0 Å². The summed E-state index contributed by atoms with van der Waals surface area (Å²) in [7, 11) is 0. The Bertz CT molecular complexity index is 92.1. The second kappa shape index (κ2) is 6.99. The van der Waals surface area contributed by atoms with Crippen LogP contribution in [-0.2, 0) is 16.8 Å². The van der Waals surface area contributed by atoms with Crippen molar-refractivity contribution in [2.24, 2.45) is 0 Å². The average molecular weight is 230 g/mol. The second-order valence-corrected chi connectivity index (χ2v) is 5.96.